The van der Waals surface area contributed by atoms with Gasteiger partial charge < -0.3 is 0 Å². The summed E-state index contributed by atoms with van der Waals surface area (Å²) in [6.45, 7) is 7.88. The Kier molecular flexibility index (Phi) is 6.79. The Morgan fingerprint density at radius 3 is 2.56 bits per heavy atom. The van der Waals surface area contributed by atoms with Gasteiger partial charge in [0.15, 0.2) is 0 Å². The second kappa shape index (κ2) is 6.51. The molecule has 0 radical (unpaired) electrons. The second-order valence-electron chi connectivity index (χ2n) is 2.70. The molecule has 0 bridgehead atoms. The number of hydrogen-bond acceptors (Lipinski definition) is 1. The number of nitrogens with one attached hydrogen (secondary N) is 1. The summed E-state index contributed by atoms with van der Waals surface area (Å²) in [5.41, 5.74) is 0. The average molecular weight is 147 g/mol. The van der Waals surface area contributed by atoms with Gasteiger partial charge in [-0.2, -0.15) is 0 Å². The highest BCUT2D eigenvalue weighted by molar-refractivity contribution is 7.35. The average Bonchev–Trinajstić information content (AvgIpc) is 1.80. The highest BCUT2D eigenvalue weighted by Gasteiger charge is 1.89. The van der Waals surface area contributed by atoms with E-state index in [0.717, 1.165) is 14.6 Å². The van der Waals surface area contributed by atoms with Crippen molar-refractivity contribution >= 4 is 8.73 Å². The van der Waals surface area contributed by atoms with Gasteiger partial charge in [0, 0.05) is 6.54 Å². The molecule has 0 spiro atoms. The molecule has 0 saturated heterocycles. The zero-order valence-electron chi connectivity index (χ0n) is 6.70. The van der Waals surface area contributed by atoms with Crippen LogP contribution in [0.1, 0.15) is 27.2 Å². The maximum Gasteiger partial charge on any atom is 0.00109 e. The molecule has 0 aliphatic carbocycles. The van der Waals surface area contributed by atoms with E-state index in [1.54, 1.807) is 0 Å². The Morgan fingerprint density at radius 1 is 1.44 bits per heavy atom. The smallest absolute Gasteiger partial charge is 0.00109 e. The fourth-order valence-electron chi connectivity index (χ4n) is 0.490. The van der Waals surface area contributed by atoms with Gasteiger partial charge in [0.2, 0.25) is 0 Å². The minimum atomic E-state index is 0.800. The van der Waals surface area contributed by atoms with Crippen LogP contribution in [0.4, 0.5) is 0 Å². The normalized spacial score (nSPS) is 12.0. The summed E-state index contributed by atoms with van der Waals surface area (Å²) in [5, 5.41) is 3.41. The summed E-state index contributed by atoms with van der Waals surface area (Å²) < 4.78 is 0. The summed E-state index contributed by atoms with van der Waals surface area (Å²) in [6, 6.07) is 0. The van der Waals surface area contributed by atoms with Crippen LogP contribution in [0, 0.1) is 5.92 Å². The van der Waals surface area contributed by atoms with Crippen LogP contribution in [0.2, 0.25) is 0 Å². The first-order valence-corrected chi connectivity index (χ1v) is 4.93. The van der Waals surface area contributed by atoms with Crippen molar-refractivity contribution < 1.29 is 0 Å². The third kappa shape index (κ3) is 8.39. The number of rotatable bonds is 5. The van der Waals surface area contributed by atoms with Gasteiger partial charge >= 0.3 is 0 Å². The van der Waals surface area contributed by atoms with Crippen molar-refractivity contribution in [2.24, 2.45) is 5.92 Å². The summed E-state index contributed by atoms with van der Waals surface area (Å²) >= 11 is 0. The Bertz CT molecular complexity index is 54.9. The third-order valence-corrected chi connectivity index (χ3v) is 2.21. The first-order chi connectivity index (χ1) is 4.27. The third-order valence-electron chi connectivity index (χ3n) is 1.01. The van der Waals surface area contributed by atoms with E-state index in [-0.39, 0.29) is 0 Å². The SMILES string of the molecule is CCCPNCC(C)C. The zero-order chi connectivity index (χ0) is 7.11. The van der Waals surface area contributed by atoms with Crippen LogP contribution in [0.25, 0.3) is 0 Å². The van der Waals surface area contributed by atoms with Gasteiger partial charge in [-0.1, -0.05) is 35.9 Å². The predicted molar refractivity (Wildman–Crippen MR) is 46.3 cm³/mol. The topological polar surface area (TPSA) is 12.0 Å². The lowest BCUT2D eigenvalue weighted by Gasteiger charge is -2.05. The largest absolute Gasteiger partial charge is 0.298 e. The molecule has 0 rings (SSSR count). The summed E-state index contributed by atoms with van der Waals surface area (Å²) in [6.07, 6.45) is 2.65. The Morgan fingerprint density at radius 2 is 2.11 bits per heavy atom. The maximum absolute atomic E-state index is 3.41. The Balaban J connectivity index is 2.75. The Labute approximate surface area is 60.4 Å². The lowest BCUT2D eigenvalue weighted by molar-refractivity contribution is 0.637. The van der Waals surface area contributed by atoms with Crippen LogP contribution in [0.5, 0.6) is 0 Å². The molecule has 1 unspecified atom stereocenters. The molecule has 0 aliphatic heterocycles. The van der Waals surface area contributed by atoms with E-state index in [1.165, 1.54) is 19.1 Å². The van der Waals surface area contributed by atoms with Gasteiger partial charge in [-0.3, -0.25) is 5.09 Å². The van der Waals surface area contributed by atoms with E-state index in [4.69, 9.17) is 0 Å². The van der Waals surface area contributed by atoms with E-state index in [2.05, 4.69) is 25.9 Å². The van der Waals surface area contributed by atoms with Crippen molar-refractivity contribution in [2.45, 2.75) is 27.2 Å². The van der Waals surface area contributed by atoms with Gasteiger partial charge in [0.25, 0.3) is 0 Å². The molecule has 0 aromatic rings. The Hall–Kier alpha value is 0.390. The van der Waals surface area contributed by atoms with Crippen LogP contribution in [0.3, 0.4) is 0 Å². The number of hydrogen-bond donors (Lipinski definition) is 1. The first-order valence-electron chi connectivity index (χ1n) is 3.73. The predicted octanol–water partition coefficient (Wildman–Crippen LogP) is 2.24. The zero-order valence-corrected chi connectivity index (χ0v) is 7.70. The molecule has 56 valence electrons. The van der Waals surface area contributed by atoms with Crippen LogP contribution < -0.4 is 5.09 Å². The molecule has 0 heterocycles. The molecule has 1 N–H and O–H groups in total. The summed E-state index contributed by atoms with van der Waals surface area (Å²) in [7, 11) is 0.975. The molecule has 0 aromatic heterocycles. The van der Waals surface area contributed by atoms with Crippen molar-refractivity contribution in [2.75, 3.05) is 12.7 Å². The maximum atomic E-state index is 3.41. The quantitative estimate of drug-likeness (QED) is 0.464. The fourth-order valence-corrected chi connectivity index (χ4v) is 1.47. The molecule has 0 saturated carbocycles. The standard InChI is InChI=1S/C7H18NP/c1-4-5-9-8-6-7(2)3/h7-9H,4-6H2,1-3H3. The first kappa shape index (κ1) is 9.39. The fraction of sp³-hybridized carbons (Fsp3) is 1.00. The lowest BCUT2D eigenvalue weighted by Crippen LogP contribution is -2.10. The van der Waals surface area contributed by atoms with E-state index >= 15 is 0 Å². The highest BCUT2D eigenvalue weighted by Crippen LogP contribution is 2.04. The van der Waals surface area contributed by atoms with Crippen LogP contribution in [-0.2, 0) is 0 Å². The molecule has 1 nitrogen and oxygen atoms in total. The minimum absolute atomic E-state index is 0.800. The van der Waals surface area contributed by atoms with Crippen LogP contribution in [-0.4, -0.2) is 12.7 Å². The van der Waals surface area contributed by atoms with Crippen molar-refractivity contribution in [1.82, 2.24) is 5.09 Å². The van der Waals surface area contributed by atoms with E-state index < -0.39 is 0 Å². The molecular formula is C7H18NP. The van der Waals surface area contributed by atoms with E-state index in [0.29, 0.717) is 0 Å². The lowest BCUT2D eigenvalue weighted by atomic mass is 10.2. The summed E-state index contributed by atoms with van der Waals surface area (Å²) in [4.78, 5) is 0. The molecule has 0 amide bonds. The van der Waals surface area contributed by atoms with Crippen LogP contribution in [0.15, 0.2) is 0 Å². The van der Waals surface area contributed by atoms with Crippen LogP contribution >= 0.6 is 8.73 Å². The molecule has 9 heavy (non-hydrogen) atoms. The highest BCUT2D eigenvalue weighted by atomic mass is 31.1. The molecule has 0 aromatic carbocycles. The van der Waals surface area contributed by atoms with Gasteiger partial charge in [-0.05, 0) is 12.1 Å². The summed E-state index contributed by atoms with van der Waals surface area (Å²) in [5.74, 6) is 0.800. The van der Waals surface area contributed by atoms with Gasteiger partial charge in [0.05, 0.1) is 0 Å². The van der Waals surface area contributed by atoms with Gasteiger partial charge in [0.1, 0.15) is 0 Å². The molecular weight excluding hydrogens is 129 g/mol. The van der Waals surface area contributed by atoms with Gasteiger partial charge in [-0.25, -0.2) is 0 Å². The van der Waals surface area contributed by atoms with Crippen molar-refractivity contribution in [1.29, 1.82) is 0 Å². The van der Waals surface area contributed by atoms with Crippen molar-refractivity contribution in [3.63, 3.8) is 0 Å². The second-order valence-corrected chi connectivity index (χ2v) is 3.91. The molecule has 0 fully saturated rings. The van der Waals surface area contributed by atoms with E-state index in [1.807, 2.05) is 0 Å². The minimum Gasteiger partial charge on any atom is -0.298 e. The van der Waals surface area contributed by atoms with Crippen molar-refractivity contribution in [3.8, 4) is 0 Å². The molecule has 0 aliphatic rings. The molecule has 1 atom stereocenters. The van der Waals surface area contributed by atoms with Gasteiger partial charge in [-0.15, -0.1) is 0 Å². The van der Waals surface area contributed by atoms with E-state index in [9.17, 15) is 0 Å². The monoisotopic (exact) mass is 147 g/mol. The molecule has 2 heteroatoms. The van der Waals surface area contributed by atoms with Crippen molar-refractivity contribution in [3.05, 3.63) is 0 Å².